The third-order valence-corrected chi connectivity index (χ3v) is 4.91. The number of hydrogen-bond acceptors (Lipinski definition) is 7. The van der Waals surface area contributed by atoms with Crippen LogP contribution in [-0.4, -0.2) is 59.3 Å². The third kappa shape index (κ3) is 4.58. The number of nitrogens with zero attached hydrogens (tertiary/aromatic N) is 5. The molecule has 3 aromatic rings. The molecule has 1 N–H and O–H groups in total. The molecular weight excluding hydrogens is 429 g/mol. The Bertz CT molecular complexity index is 1080. The van der Waals surface area contributed by atoms with Crippen LogP contribution in [-0.2, 0) is 6.18 Å². The highest BCUT2D eigenvalue weighted by Crippen LogP contribution is 2.29. The van der Waals surface area contributed by atoms with Crippen LogP contribution in [0.1, 0.15) is 5.89 Å². The molecule has 0 spiro atoms. The number of carbonyl (C=O) groups excluding carboxylic acids is 1. The van der Waals surface area contributed by atoms with Crippen molar-refractivity contribution in [1.29, 1.82) is 0 Å². The van der Waals surface area contributed by atoms with Gasteiger partial charge in [-0.2, -0.15) is 18.2 Å². The zero-order chi connectivity index (χ0) is 22.7. The summed E-state index contributed by atoms with van der Waals surface area (Å²) in [5, 5.41) is 6.20. The third-order valence-electron chi connectivity index (χ3n) is 4.91. The lowest BCUT2D eigenvalue weighted by molar-refractivity contribution is -0.159. The molecule has 0 radical (unpaired) electrons. The largest absolute Gasteiger partial charge is 0.495 e. The summed E-state index contributed by atoms with van der Waals surface area (Å²) in [6.45, 7) is 2.05. The molecule has 1 aliphatic heterocycles. The fraction of sp³-hybridized carbons (Fsp3) is 0.300. The highest BCUT2D eigenvalue weighted by molar-refractivity contribution is 5.91. The van der Waals surface area contributed by atoms with E-state index in [1.54, 1.807) is 29.2 Å². The van der Waals surface area contributed by atoms with Crippen molar-refractivity contribution >= 4 is 17.5 Å². The molecule has 9 nitrogen and oxygen atoms in total. The summed E-state index contributed by atoms with van der Waals surface area (Å²) in [5.41, 5.74) is 0.901. The molecule has 0 atom stereocenters. The number of anilines is 2. The van der Waals surface area contributed by atoms with Crippen LogP contribution in [0.2, 0.25) is 0 Å². The summed E-state index contributed by atoms with van der Waals surface area (Å²) in [4.78, 5) is 23.9. The fourth-order valence-corrected chi connectivity index (χ4v) is 3.24. The number of aromatic nitrogens is 3. The normalized spacial score (nSPS) is 14.4. The molecule has 4 rings (SSSR count). The van der Waals surface area contributed by atoms with E-state index in [9.17, 15) is 18.0 Å². The van der Waals surface area contributed by atoms with Gasteiger partial charge in [0, 0.05) is 37.9 Å². The van der Waals surface area contributed by atoms with Gasteiger partial charge < -0.3 is 24.4 Å². The lowest BCUT2D eigenvalue weighted by Crippen LogP contribution is -2.50. The minimum Gasteiger partial charge on any atom is -0.495 e. The Morgan fingerprint density at radius 1 is 1.12 bits per heavy atom. The summed E-state index contributed by atoms with van der Waals surface area (Å²) in [7, 11) is 1.54. The van der Waals surface area contributed by atoms with Crippen molar-refractivity contribution in [3.05, 3.63) is 48.5 Å². The van der Waals surface area contributed by atoms with Gasteiger partial charge in [0.15, 0.2) is 0 Å². The maximum atomic E-state index is 12.6. The van der Waals surface area contributed by atoms with Crippen molar-refractivity contribution in [2.45, 2.75) is 6.18 Å². The second kappa shape index (κ2) is 8.73. The quantitative estimate of drug-likeness (QED) is 0.652. The molecule has 1 saturated heterocycles. The van der Waals surface area contributed by atoms with E-state index < -0.39 is 12.1 Å². The minimum absolute atomic E-state index is 0.186. The van der Waals surface area contributed by atoms with Crippen LogP contribution in [0.15, 0.2) is 47.1 Å². The summed E-state index contributed by atoms with van der Waals surface area (Å²) < 4.78 is 47.3. The van der Waals surface area contributed by atoms with E-state index >= 15 is 0 Å². The van der Waals surface area contributed by atoms with E-state index in [2.05, 4.69) is 25.0 Å². The van der Waals surface area contributed by atoms with Gasteiger partial charge in [-0.25, -0.2) is 9.78 Å². The minimum atomic E-state index is -4.70. The number of piperazine rings is 1. The van der Waals surface area contributed by atoms with Gasteiger partial charge in [-0.3, -0.25) is 0 Å². The molecule has 0 bridgehead atoms. The van der Waals surface area contributed by atoms with Gasteiger partial charge in [0.25, 0.3) is 0 Å². The molecule has 32 heavy (non-hydrogen) atoms. The molecule has 2 aromatic heterocycles. The second-order valence-corrected chi connectivity index (χ2v) is 6.93. The van der Waals surface area contributed by atoms with Gasteiger partial charge in [0.2, 0.25) is 5.82 Å². The number of rotatable bonds is 4. The SMILES string of the molecule is COc1ccccc1NC(=O)N1CCN(c2ccc(-c3noc(C(F)(F)F)n3)cn2)CC1. The Morgan fingerprint density at radius 2 is 1.88 bits per heavy atom. The maximum Gasteiger partial charge on any atom is 0.471 e. The average molecular weight is 448 g/mol. The molecular formula is C20H19F3N6O3. The number of hydrogen-bond donors (Lipinski definition) is 1. The molecule has 2 amide bonds. The van der Waals surface area contributed by atoms with E-state index in [-0.39, 0.29) is 11.9 Å². The van der Waals surface area contributed by atoms with Crippen LogP contribution < -0.4 is 15.0 Å². The van der Waals surface area contributed by atoms with Crippen molar-refractivity contribution in [3.8, 4) is 17.1 Å². The zero-order valence-electron chi connectivity index (χ0n) is 17.0. The van der Waals surface area contributed by atoms with E-state index in [4.69, 9.17) is 4.74 Å². The number of pyridine rings is 1. The monoisotopic (exact) mass is 448 g/mol. The van der Waals surface area contributed by atoms with Crippen LogP contribution >= 0.6 is 0 Å². The number of carbonyl (C=O) groups is 1. The molecule has 168 valence electrons. The van der Waals surface area contributed by atoms with Crippen LogP contribution in [0.4, 0.5) is 29.5 Å². The van der Waals surface area contributed by atoms with Crippen LogP contribution in [0.25, 0.3) is 11.4 Å². The molecule has 3 heterocycles. The number of ether oxygens (including phenoxy) is 1. The first-order valence-corrected chi connectivity index (χ1v) is 9.66. The molecule has 0 aliphatic carbocycles. The van der Waals surface area contributed by atoms with Gasteiger partial charge in [-0.15, -0.1) is 0 Å². The van der Waals surface area contributed by atoms with Crippen molar-refractivity contribution in [2.24, 2.45) is 0 Å². The highest BCUT2D eigenvalue weighted by Gasteiger charge is 2.38. The summed E-state index contributed by atoms with van der Waals surface area (Å²) in [6.07, 6.45) is -3.31. The smallest absolute Gasteiger partial charge is 0.471 e. The summed E-state index contributed by atoms with van der Waals surface area (Å²) >= 11 is 0. The van der Waals surface area contributed by atoms with Crippen LogP contribution in [0, 0.1) is 0 Å². The first kappa shape index (κ1) is 21.4. The Balaban J connectivity index is 1.35. The van der Waals surface area contributed by atoms with Gasteiger partial charge in [-0.05, 0) is 24.3 Å². The predicted octanol–water partition coefficient (Wildman–Crippen LogP) is 3.51. The molecule has 1 fully saturated rings. The lowest BCUT2D eigenvalue weighted by atomic mass is 10.2. The Hall–Kier alpha value is -3.83. The second-order valence-electron chi connectivity index (χ2n) is 6.93. The van der Waals surface area contributed by atoms with Crippen LogP contribution in [0.3, 0.4) is 0 Å². The number of para-hydroxylation sites is 2. The Morgan fingerprint density at radius 3 is 2.50 bits per heavy atom. The number of benzene rings is 1. The molecule has 0 saturated carbocycles. The number of methoxy groups -OCH3 is 1. The number of halogens is 3. The first-order chi connectivity index (χ1) is 15.3. The Labute approximate surface area is 180 Å². The molecule has 12 heteroatoms. The lowest BCUT2D eigenvalue weighted by Gasteiger charge is -2.35. The zero-order valence-corrected chi connectivity index (χ0v) is 17.0. The van der Waals surface area contributed by atoms with Crippen molar-refractivity contribution < 1.29 is 27.2 Å². The predicted molar refractivity (Wildman–Crippen MR) is 108 cm³/mol. The average Bonchev–Trinajstić information content (AvgIpc) is 3.31. The van der Waals surface area contributed by atoms with Gasteiger partial charge in [0.1, 0.15) is 11.6 Å². The van der Waals surface area contributed by atoms with Gasteiger partial charge in [-0.1, -0.05) is 17.3 Å². The summed E-state index contributed by atoms with van der Waals surface area (Å²) in [6, 6.07) is 10.2. The fourth-order valence-electron chi connectivity index (χ4n) is 3.24. The number of nitrogens with one attached hydrogen (secondary N) is 1. The van der Waals surface area contributed by atoms with Gasteiger partial charge >= 0.3 is 18.1 Å². The molecule has 0 unspecified atom stereocenters. The number of amides is 2. The summed E-state index contributed by atoms with van der Waals surface area (Å²) in [5.74, 6) is -0.376. The Kier molecular flexibility index (Phi) is 5.84. The number of urea groups is 1. The van der Waals surface area contributed by atoms with E-state index in [0.717, 1.165) is 0 Å². The van der Waals surface area contributed by atoms with Crippen molar-refractivity contribution in [3.63, 3.8) is 0 Å². The number of alkyl halides is 3. The van der Waals surface area contributed by atoms with Crippen molar-refractivity contribution in [1.82, 2.24) is 20.0 Å². The standard InChI is InChI=1S/C20H19F3N6O3/c1-31-15-5-3-2-4-14(15)25-19(30)29-10-8-28(9-11-29)16-7-6-13(12-24-16)17-26-18(32-27-17)20(21,22)23/h2-7,12H,8-11H2,1H3,(H,25,30). The van der Waals surface area contributed by atoms with Crippen molar-refractivity contribution in [2.75, 3.05) is 43.5 Å². The molecule has 1 aromatic carbocycles. The maximum absolute atomic E-state index is 12.6. The van der Waals surface area contributed by atoms with Crippen LogP contribution in [0.5, 0.6) is 5.75 Å². The van der Waals surface area contributed by atoms with Gasteiger partial charge in [0.05, 0.1) is 12.8 Å². The topological polar surface area (TPSA) is 96.6 Å². The van der Waals surface area contributed by atoms with E-state index in [1.165, 1.54) is 13.3 Å². The van der Waals surface area contributed by atoms with E-state index in [0.29, 0.717) is 49.0 Å². The molecule has 1 aliphatic rings. The highest BCUT2D eigenvalue weighted by atomic mass is 19.4. The van der Waals surface area contributed by atoms with E-state index in [1.807, 2.05) is 17.0 Å². The first-order valence-electron chi connectivity index (χ1n) is 9.66.